The summed E-state index contributed by atoms with van der Waals surface area (Å²) in [6.45, 7) is 0.256. The molecule has 0 spiro atoms. The van der Waals surface area contributed by atoms with Crippen molar-refractivity contribution in [3.05, 3.63) is 90.2 Å². The fraction of sp³-hybridized carbons (Fsp3) is 0.0455. The molecule has 0 radical (unpaired) electrons. The fourth-order valence-corrected chi connectivity index (χ4v) is 2.75. The normalized spacial score (nSPS) is 11.0. The van der Waals surface area contributed by atoms with Gasteiger partial charge in [-0.2, -0.15) is 0 Å². The first-order chi connectivity index (χ1) is 14.2. The number of anilines is 1. The zero-order valence-electron chi connectivity index (χ0n) is 15.3. The van der Waals surface area contributed by atoms with Crippen molar-refractivity contribution in [2.75, 3.05) is 5.32 Å². The Kier molecular flexibility index (Phi) is 5.20. The summed E-state index contributed by atoms with van der Waals surface area (Å²) in [6.07, 6.45) is 4.33. The van der Waals surface area contributed by atoms with Crippen molar-refractivity contribution < 1.29 is 18.4 Å². The van der Waals surface area contributed by atoms with Gasteiger partial charge < -0.3 is 19.5 Å². The van der Waals surface area contributed by atoms with Crippen LogP contribution in [0.5, 0.6) is 0 Å². The number of nitrogens with one attached hydrogen (secondary N) is 2. The first-order valence-electron chi connectivity index (χ1n) is 8.93. The number of carbonyl (C=O) groups excluding carboxylic acids is 2. The van der Waals surface area contributed by atoms with Gasteiger partial charge >= 0.3 is 0 Å². The van der Waals surface area contributed by atoms with E-state index in [9.17, 15) is 9.59 Å². The van der Waals surface area contributed by atoms with Gasteiger partial charge in [-0.15, -0.1) is 0 Å². The van der Waals surface area contributed by atoms with Crippen LogP contribution in [0.4, 0.5) is 5.69 Å². The van der Waals surface area contributed by atoms with Gasteiger partial charge in [0.05, 0.1) is 24.1 Å². The molecule has 0 saturated carbocycles. The van der Waals surface area contributed by atoms with Crippen LogP contribution < -0.4 is 10.6 Å². The summed E-state index contributed by atoms with van der Waals surface area (Å²) >= 11 is 0. The molecule has 7 nitrogen and oxygen atoms in total. The predicted octanol–water partition coefficient (Wildman–Crippen LogP) is 4.00. The predicted molar refractivity (Wildman–Crippen MR) is 108 cm³/mol. The van der Waals surface area contributed by atoms with Crippen LogP contribution in [0.25, 0.3) is 17.2 Å². The molecule has 2 aromatic heterocycles. The second-order valence-corrected chi connectivity index (χ2v) is 6.15. The Morgan fingerprint density at radius 3 is 2.66 bits per heavy atom. The Balaban J connectivity index is 1.43. The Bertz CT molecular complexity index is 1140. The number of amides is 2. The number of nitrogens with zero attached hydrogens (tertiary/aromatic N) is 1. The zero-order valence-corrected chi connectivity index (χ0v) is 15.3. The maximum atomic E-state index is 12.5. The van der Waals surface area contributed by atoms with Gasteiger partial charge in [0.1, 0.15) is 11.3 Å². The Hall–Kier alpha value is -4.13. The van der Waals surface area contributed by atoms with Gasteiger partial charge in [-0.3, -0.25) is 9.59 Å². The lowest BCUT2D eigenvalue weighted by atomic mass is 10.1. The molecule has 2 aromatic carbocycles. The van der Waals surface area contributed by atoms with E-state index in [1.54, 1.807) is 48.7 Å². The first-order valence-corrected chi connectivity index (χ1v) is 8.93. The highest BCUT2D eigenvalue weighted by Gasteiger charge is 2.12. The topological polar surface area (TPSA) is 97.4 Å². The van der Waals surface area contributed by atoms with Crippen molar-refractivity contribution in [1.29, 1.82) is 0 Å². The van der Waals surface area contributed by atoms with E-state index in [1.807, 2.05) is 18.2 Å². The lowest BCUT2D eigenvalue weighted by Crippen LogP contribution is -2.24. The quantitative estimate of drug-likeness (QED) is 0.487. The molecule has 0 saturated heterocycles. The maximum Gasteiger partial charge on any atom is 0.253 e. The molecule has 144 valence electrons. The van der Waals surface area contributed by atoms with E-state index in [-0.39, 0.29) is 12.5 Å². The molecule has 0 aliphatic rings. The van der Waals surface area contributed by atoms with E-state index < -0.39 is 5.91 Å². The molecule has 2 heterocycles. The van der Waals surface area contributed by atoms with Crippen LogP contribution in [0.15, 0.2) is 81.8 Å². The first kappa shape index (κ1) is 18.2. The van der Waals surface area contributed by atoms with Crippen molar-refractivity contribution in [3.8, 4) is 0 Å². The number of furan rings is 1. The number of hydrogen-bond donors (Lipinski definition) is 2. The standard InChI is InChI=1S/C22H17N3O4/c26-20(11-12-21-25-18-9-3-4-10-19(18)29-21)24-17-8-2-1-7-16(17)22(27)23-14-15-6-5-13-28-15/h1-13H,14H2,(H,23,27)(H,24,26)/b12-11+. The third-order valence-corrected chi connectivity index (χ3v) is 4.12. The molecule has 0 aliphatic heterocycles. The molecule has 4 rings (SSSR count). The second-order valence-electron chi connectivity index (χ2n) is 6.15. The monoisotopic (exact) mass is 387 g/mol. The van der Waals surface area contributed by atoms with E-state index in [1.165, 1.54) is 12.2 Å². The number of oxazole rings is 1. The lowest BCUT2D eigenvalue weighted by molar-refractivity contribution is -0.111. The minimum absolute atomic E-state index is 0.256. The summed E-state index contributed by atoms with van der Waals surface area (Å²) in [7, 11) is 0. The average Bonchev–Trinajstić information content (AvgIpc) is 3.40. The smallest absolute Gasteiger partial charge is 0.253 e. The molecule has 0 fully saturated rings. The van der Waals surface area contributed by atoms with Crippen LogP contribution in [0.2, 0.25) is 0 Å². The summed E-state index contributed by atoms with van der Waals surface area (Å²) in [5.41, 5.74) is 2.11. The van der Waals surface area contributed by atoms with Gasteiger partial charge in [-0.25, -0.2) is 4.98 Å². The van der Waals surface area contributed by atoms with Gasteiger partial charge in [-0.05, 0) is 36.4 Å². The van der Waals surface area contributed by atoms with Crippen molar-refractivity contribution in [2.45, 2.75) is 6.54 Å². The Morgan fingerprint density at radius 1 is 1.00 bits per heavy atom. The van der Waals surface area contributed by atoms with E-state index in [0.717, 1.165) is 0 Å². The summed E-state index contributed by atoms with van der Waals surface area (Å²) in [5.74, 6) is 0.241. The number of para-hydroxylation sites is 3. The molecular weight excluding hydrogens is 370 g/mol. The van der Waals surface area contributed by atoms with Crippen LogP contribution in [-0.2, 0) is 11.3 Å². The van der Waals surface area contributed by atoms with Crippen molar-refractivity contribution in [1.82, 2.24) is 10.3 Å². The minimum atomic E-state index is -0.404. The van der Waals surface area contributed by atoms with Crippen molar-refractivity contribution in [3.63, 3.8) is 0 Å². The highest BCUT2D eigenvalue weighted by atomic mass is 16.3. The maximum absolute atomic E-state index is 12.5. The molecule has 0 unspecified atom stereocenters. The SMILES string of the molecule is O=C(/C=C/c1nc2ccccc2o1)Nc1ccccc1C(=O)NCc1ccco1. The van der Waals surface area contributed by atoms with Gasteiger partial charge in [0.25, 0.3) is 5.91 Å². The molecule has 2 N–H and O–H groups in total. The minimum Gasteiger partial charge on any atom is -0.467 e. The van der Waals surface area contributed by atoms with Crippen molar-refractivity contribution in [2.24, 2.45) is 0 Å². The molecule has 0 bridgehead atoms. The van der Waals surface area contributed by atoms with Crippen LogP contribution in [0.3, 0.4) is 0 Å². The number of fused-ring (bicyclic) bond motifs is 1. The largest absolute Gasteiger partial charge is 0.467 e. The summed E-state index contributed by atoms with van der Waals surface area (Å²) < 4.78 is 10.7. The van der Waals surface area contributed by atoms with E-state index in [4.69, 9.17) is 8.83 Å². The number of benzene rings is 2. The van der Waals surface area contributed by atoms with Gasteiger partial charge in [0.15, 0.2) is 5.58 Å². The lowest BCUT2D eigenvalue weighted by Gasteiger charge is -2.09. The van der Waals surface area contributed by atoms with Gasteiger partial charge in [-0.1, -0.05) is 24.3 Å². The number of carbonyl (C=O) groups is 2. The number of hydrogen-bond acceptors (Lipinski definition) is 5. The summed E-state index contributed by atoms with van der Waals surface area (Å²) in [5, 5.41) is 5.47. The zero-order chi connectivity index (χ0) is 20.1. The van der Waals surface area contributed by atoms with E-state index >= 15 is 0 Å². The summed E-state index contributed by atoms with van der Waals surface area (Å²) in [4.78, 5) is 29.1. The highest BCUT2D eigenvalue weighted by Crippen LogP contribution is 2.17. The van der Waals surface area contributed by atoms with Crippen LogP contribution in [0.1, 0.15) is 22.0 Å². The average molecular weight is 387 g/mol. The second kappa shape index (κ2) is 8.26. The van der Waals surface area contributed by atoms with Crippen molar-refractivity contribution >= 4 is 34.7 Å². The third kappa shape index (κ3) is 4.41. The van der Waals surface area contributed by atoms with Gasteiger partial charge in [0, 0.05) is 12.2 Å². The van der Waals surface area contributed by atoms with Crippen LogP contribution in [0, 0.1) is 0 Å². The number of aromatic nitrogens is 1. The van der Waals surface area contributed by atoms with E-state index in [0.29, 0.717) is 34.0 Å². The molecular formula is C22H17N3O4. The van der Waals surface area contributed by atoms with E-state index in [2.05, 4.69) is 15.6 Å². The summed E-state index contributed by atoms with van der Waals surface area (Å²) in [6, 6.07) is 17.6. The van der Waals surface area contributed by atoms with Gasteiger partial charge in [0.2, 0.25) is 11.8 Å². The van der Waals surface area contributed by atoms with Crippen LogP contribution in [-0.4, -0.2) is 16.8 Å². The highest BCUT2D eigenvalue weighted by molar-refractivity contribution is 6.07. The molecule has 7 heteroatoms. The molecule has 4 aromatic rings. The molecule has 0 aliphatic carbocycles. The van der Waals surface area contributed by atoms with Crippen LogP contribution >= 0.6 is 0 Å². The third-order valence-electron chi connectivity index (χ3n) is 4.12. The molecule has 2 amide bonds. The molecule has 0 atom stereocenters. The fourth-order valence-electron chi connectivity index (χ4n) is 2.75. The number of rotatable bonds is 6. The molecule has 29 heavy (non-hydrogen) atoms. The Labute approximate surface area is 166 Å². The Morgan fingerprint density at radius 2 is 1.83 bits per heavy atom.